The molecule has 0 aliphatic carbocycles. The molecule has 102 valence electrons. The molecule has 0 radical (unpaired) electrons. The predicted octanol–water partition coefficient (Wildman–Crippen LogP) is 3.82. The number of hydrogen-bond acceptors (Lipinski definition) is 3. The number of benzene rings is 1. The van der Waals surface area contributed by atoms with Crippen molar-refractivity contribution in [1.29, 1.82) is 0 Å². The van der Waals surface area contributed by atoms with E-state index in [1.54, 1.807) is 16.8 Å². The van der Waals surface area contributed by atoms with Crippen LogP contribution in [0.2, 0.25) is 0 Å². The van der Waals surface area contributed by atoms with Crippen LogP contribution < -0.4 is 10.5 Å². The summed E-state index contributed by atoms with van der Waals surface area (Å²) in [5, 5.41) is 3.53. The van der Waals surface area contributed by atoms with E-state index in [9.17, 15) is 13.2 Å². The highest BCUT2D eigenvalue weighted by molar-refractivity contribution is 7.08. The summed E-state index contributed by atoms with van der Waals surface area (Å²) in [6.07, 6.45) is -4.46. The van der Waals surface area contributed by atoms with Crippen LogP contribution in [0.5, 0.6) is 5.75 Å². The van der Waals surface area contributed by atoms with Crippen molar-refractivity contribution in [3.63, 3.8) is 0 Å². The number of nitrogens with two attached hydrogens (primary N) is 1. The zero-order valence-electron chi connectivity index (χ0n) is 10.1. The van der Waals surface area contributed by atoms with Crippen LogP contribution in [-0.2, 0) is 6.18 Å². The van der Waals surface area contributed by atoms with E-state index in [-0.39, 0.29) is 11.3 Å². The van der Waals surface area contributed by atoms with Gasteiger partial charge in [0.25, 0.3) is 0 Å². The van der Waals surface area contributed by atoms with E-state index in [0.29, 0.717) is 5.56 Å². The summed E-state index contributed by atoms with van der Waals surface area (Å²) in [5.74, 6) is 0.161. The Morgan fingerprint density at radius 1 is 1.26 bits per heavy atom. The van der Waals surface area contributed by atoms with Crippen LogP contribution in [0.15, 0.2) is 35.0 Å². The molecule has 0 amide bonds. The average Bonchev–Trinajstić information content (AvgIpc) is 2.90. The second-order valence-electron chi connectivity index (χ2n) is 3.99. The first-order valence-electron chi connectivity index (χ1n) is 5.46. The molecule has 2 N–H and O–H groups in total. The van der Waals surface area contributed by atoms with Crippen molar-refractivity contribution >= 4 is 11.3 Å². The fourth-order valence-electron chi connectivity index (χ4n) is 1.81. The van der Waals surface area contributed by atoms with E-state index in [1.807, 2.05) is 0 Å². The molecule has 6 heteroatoms. The monoisotopic (exact) mass is 287 g/mol. The lowest BCUT2D eigenvalue weighted by atomic mass is 9.96. The molecule has 0 aliphatic heterocycles. The van der Waals surface area contributed by atoms with Gasteiger partial charge in [-0.25, -0.2) is 0 Å². The molecule has 2 nitrogen and oxygen atoms in total. The molecular formula is C13H12F3NOS. The first kappa shape index (κ1) is 13.9. The highest BCUT2D eigenvalue weighted by atomic mass is 32.1. The van der Waals surface area contributed by atoms with Crippen LogP contribution in [0.3, 0.4) is 0 Å². The summed E-state index contributed by atoms with van der Waals surface area (Å²) >= 11 is 1.40. The average molecular weight is 287 g/mol. The highest BCUT2D eigenvalue weighted by Gasteiger charge is 2.35. The second-order valence-corrected chi connectivity index (χ2v) is 4.77. The quantitative estimate of drug-likeness (QED) is 0.931. The number of thiophene rings is 1. The summed E-state index contributed by atoms with van der Waals surface area (Å²) < 4.78 is 44.0. The minimum atomic E-state index is -4.46. The van der Waals surface area contributed by atoms with Crippen molar-refractivity contribution < 1.29 is 17.9 Å². The molecule has 1 aromatic carbocycles. The van der Waals surface area contributed by atoms with Crippen molar-refractivity contribution in [2.75, 3.05) is 7.11 Å². The van der Waals surface area contributed by atoms with Gasteiger partial charge in [-0.05, 0) is 40.1 Å². The Bertz CT molecular complexity index is 552. The molecule has 0 unspecified atom stereocenters. The van der Waals surface area contributed by atoms with Gasteiger partial charge >= 0.3 is 6.18 Å². The molecule has 1 heterocycles. The smallest absolute Gasteiger partial charge is 0.416 e. The molecule has 0 spiro atoms. The SMILES string of the molecule is COc1ccc([C@H](N)c2ccsc2)c(C(F)(F)F)c1. The fourth-order valence-corrected chi connectivity index (χ4v) is 2.51. The Kier molecular flexibility index (Phi) is 3.82. The minimum absolute atomic E-state index is 0.0479. The Morgan fingerprint density at radius 2 is 2.00 bits per heavy atom. The molecule has 19 heavy (non-hydrogen) atoms. The first-order chi connectivity index (χ1) is 8.93. The van der Waals surface area contributed by atoms with Crippen LogP contribution in [0.1, 0.15) is 22.7 Å². The third-order valence-electron chi connectivity index (χ3n) is 2.80. The summed E-state index contributed by atoms with van der Waals surface area (Å²) in [6.45, 7) is 0. The first-order valence-corrected chi connectivity index (χ1v) is 6.40. The summed E-state index contributed by atoms with van der Waals surface area (Å²) in [7, 11) is 1.33. The number of methoxy groups -OCH3 is 1. The van der Waals surface area contributed by atoms with Crippen molar-refractivity contribution in [2.24, 2.45) is 5.73 Å². The number of halogens is 3. The minimum Gasteiger partial charge on any atom is -0.497 e. The third-order valence-corrected chi connectivity index (χ3v) is 3.50. The maximum Gasteiger partial charge on any atom is 0.416 e. The summed E-state index contributed by atoms with van der Waals surface area (Å²) in [5.41, 5.74) is 5.87. The molecule has 0 bridgehead atoms. The normalized spacial score (nSPS) is 13.3. The van der Waals surface area contributed by atoms with Gasteiger partial charge in [0, 0.05) is 0 Å². The lowest BCUT2D eigenvalue weighted by Crippen LogP contribution is -2.18. The van der Waals surface area contributed by atoms with E-state index in [2.05, 4.69) is 0 Å². The van der Waals surface area contributed by atoms with Gasteiger partial charge < -0.3 is 10.5 Å². The van der Waals surface area contributed by atoms with Crippen molar-refractivity contribution in [3.05, 3.63) is 51.7 Å². The summed E-state index contributed by atoms with van der Waals surface area (Å²) in [4.78, 5) is 0. The van der Waals surface area contributed by atoms with Gasteiger partial charge in [0.1, 0.15) is 5.75 Å². The number of ether oxygens (including phenoxy) is 1. The van der Waals surface area contributed by atoms with E-state index in [1.165, 1.54) is 30.6 Å². The number of alkyl halides is 3. The predicted molar refractivity (Wildman–Crippen MR) is 68.3 cm³/mol. The van der Waals surface area contributed by atoms with Crippen LogP contribution in [0, 0.1) is 0 Å². The van der Waals surface area contributed by atoms with Gasteiger partial charge in [-0.2, -0.15) is 24.5 Å². The van der Waals surface area contributed by atoms with Crippen LogP contribution in [0.25, 0.3) is 0 Å². The van der Waals surface area contributed by atoms with Crippen molar-refractivity contribution in [2.45, 2.75) is 12.2 Å². The van der Waals surface area contributed by atoms with Gasteiger partial charge in [0.15, 0.2) is 0 Å². The van der Waals surface area contributed by atoms with E-state index in [0.717, 1.165) is 6.07 Å². The molecule has 0 fully saturated rings. The molecule has 0 aliphatic rings. The maximum atomic E-state index is 13.1. The molecular weight excluding hydrogens is 275 g/mol. The standard InChI is InChI=1S/C13H12F3NOS/c1-18-9-2-3-10(11(6-9)13(14,15)16)12(17)8-4-5-19-7-8/h2-7,12H,17H2,1H3/t12-/m1/s1. The van der Waals surface area contributed by atoms with Gasteiger partial charge in [0.2, 0.25) is 0 Å². The Labute approximate surface area is 112 Å². The maximum absolute atomic E-state index is 13.1. The largest absolute Gasteiger partial charge is 0.497 e. The zero-order valence-corrected chi connectivity index (χ0v) is 10.9. The molecule has 0 saturated heterocycles. The lowest BCUT2D eigenvalue weighted by molar-refractivity contribution is -0.138. The Balaban J connectivity index is 2.50. The Hall–Kier alpha value is -1.53. The number of hydrogen-bond donors (Lipinski definition) is 1. The van der Waals surface area contributed by atoms with Crippen LogP contribution >= 0.6 is 11.3 Å². The second kappa shape index (κ2) is 5.22. The molecule has 2 rings (SSSR count). The topological polar surface area (TPSA) is 35.2 Å². The van der Waals surface area contributed by atoms with E-state index < -0.39 is 17.8 Å². The molecule has 1 atom stereocenters. The molecule has 2 aromatic rings. The van der Waals surface area contributed by atoms with Crippen LogP contribution in [-0.4, -0.2) is 7.11 Å². The number of rotatable bonds is 3. The Morgan fingerprint density at radius 3 is 2.53 bits per heavy atom. The molecule has 1 aromatic heterocycles. The highest BCUT2D eigenvalue weighted by Crippen LogP contribution is 2.38. The third kappa shape index (κ3) is 2.90. The van der Waals surface area contributed by atoms with Crippen molar-refractivity contribution in [3.8, 4) is 5.75 Å². The zero-order chi connectivity index (χ0) is 14.0. The van der Waals surface area contributed by atoms with Gasteiger partial charge in [0.05, 0.1) is 18.7 Å². The van der Waals surface area contributed by atoms with Gasteiger partial charge in [-0.3, -0.25) is 0 Å². The fraction of sp³-hybridized carbons (Fsp3) is 0.231. The van der Waals surface area contributed by atoms with E-state index >= 15 is 0 Å². The lowest BCUT2D eigenvalue weighted by Gasteiger charge is -2.18. The van der Waals surface area contributed by atoms with Crippen molar-refractivity contribution in [1.82, 2.24) is 0 Å². The molecule has 0 saturated carbocycles. The van der Waals surface area contributed by atoms with Gasteiger partial charge in [-0.1, -0.05) is 6.07 Å². The summed E-state index contributed by atoms with van der Waals surface area (Å²) in [6, 6.07) is 4.75. The van der Waals surface area contributed by atoms with E-state index in [4.69, 9.17) is 10.5 Å². The van der Waals surface area contributed by atoms with Crippen LogP contribution in [0.4, 0.5) is 13.2 Å². The van der Waals surface area contributed by atoms with Gasteiger partial charge in [-0.15, -0.1) is 0 Å².